The van der Waals surface area contributed by atoms with Crippen molar-refractivity contribution in [2.75, 3.05) is 0 Å². The largest absolute Gasteiger partial charge is 0.411 e. The van der Waals surface area contributed by atoms with Crippen molar-refractivity contribution < 1.29 is 4.42 Å². The predicted molar refractivity (Wildman–Crippen MR) is 102 cm³/mol. The molecule has 1 aromatic carbocycles. The molecule has 7 heteroatoms. The quantitative estimate of drug-likeness (QED) is 0.465. The molecule has 0 fully saturated rings. The van der Waals surface area contributed by atoms with Crippen LogP contribution in [0.3, 0.4) is 0 Å². The van der Waals surface area contributed by atoms with Gasteiger partial charge in [-0.1, -0.05) is 25.1 Å². The maximum atomic E-state index is 5.84. The third-order valence-electron chi connectivity index (χ3n) is 4.67. The van der Waals surface area contributed by atoms with Crippen LogP contribution in [0.2, 0.25) is 0 Å². The van der Waals surface area contributed by atoms with Crippen LogP contribution in [0.1, 0.15) is 23.8 Å². The second kappa shape index (κ2) is 6.48. The lowest BCUT2D eigenvalue weighted by molar-refractivity contribution is 0.465. The Balaban J connectivity index is 1.51. The molecular formula is C19H16N4OS2. The van der Waals surface area contributed by atoms with E-state index < -0.39 is 0 Å². The molecule has 4 aromatic rings. The summed E-state index contributed by atoms with van der Waals surface area (Å²) in [6, 6.07) is 9.80. The Morgan fingerprint density at radius 2 is 2.04 bits per heavy atom. The molecule has 0 radical (unpaired) electrons. The zero-order chi connectivity index (χ0) is 17.5. The van der Waals surface area contributed by atoms with Crippen molar-refractivity contribution in [3.05, 3.63) is 47.1 Å². The summed E-state index contributed by atoms with van der Waals surface area (Å²) in [6.07, 6.45) is 5.08. The third kappa shape index (κ3) is 2.81. The summed E-state index contributed by atoms with van der Waals surface area (Å²) in [6.45, 7) is 2.32. The van der Waals surface area contributed by atoms with Gasteiger partial charge in [0.15, 0.2) is 0 Å². The monoisotopic (exact) mass is 380 g/mol. The Morgan fingerprint density at radius 3 is 2.92 bits per heavy atom. The van der Waals surface area contributed by atoms with E-state index in [1.165, 1.54) is 34.0 Å². The summed E-state index contributed by atoms with van der Waals surface area (Å²) in [5, 5.41) is 10.9. The maximum Gasteiger partial charge on any atom is 0.283 e. The first-order valence-corrected chi connectivity index (χ1v) is 10.2. The summed E-state index contributed by atoms with van der Waals surface area (Å²) in [7, 11) is 0. The van der Waals surface area contributed by atoms with Gasteiger partial charge in [-0.2, -0.15) is 0 Å². The Hall–Kier alpha value is -2.25. The summed E-state index contributed by atoms with van der Waals surface area (Å²) in [5.74, 6) is 1.27. The van der Waals surface area contributed by atoms with Crippen LogP contribution in [0, 0.1) is 5.92 Å². The lowest BCUT2D eigenvalue weighted by Gasteiger charge is -2.17. The number of hydrogen-bond acceptors (Lipinski definition) is 7. The molecule has 3 aromatic heterocycles. The Morgan fingerprint density at radius 1 is 1.15 bits per heavy atom. The van der Waals surface area contributed by atoms with Gasteiger partial charge in [0.2, 0.25) is 5.89 Å². The van der Waals surface area contributed by atoms with Crippen LogP contribution in [0.25, 0.3) is 21.7 Å². The zero-order valence-electron chi connectivity index (χ0n) is 14.2. The SMILES string of the molecule is C[C@H]1CCc2c(sc3ncnc(Sc4nnc(-c5ccccc5)o4)c23)C1. The van der Waals surface area contributed by atoms with Gasteiger partial charge in [-0.3, -0.25) is 0 Å². The van der Waals surface area contributed by atoms with Gasteiger partial charge in [0.05, 0.1) is 0 Å². The minimum Gasteiger partial charge on any atom is -0.411 e. The molecule has 0 unspecified atom stereocenters. The summed E-state index contributed by atoms with van der Waals surface area (Å²) in [4.78, 5) is 11.5. The molecule has 0 aliphatic heterocycles. The highest BCUT2D eigenvalue weighted by atomic mass is 32.2. The van der Waals surface area contributed by atoms with E-state index >= 15 is 0 Å². The van der Waals surface area contributed by atoms with Gasteiger partial charge in [0, 0.05) is 15.8 Å². The van der Waals surface area contributed by atoms with Gasteiger partial charge >= 0.3 is 0 Å². The van der Waals surface area contributed by atoms with Crippen LogP contribution in [0.15, 0.2) is 51.3 Å². The van der Waals surface area contributed by atoms with Crippen molar-refractivity contribution in [1.82, 2.24) is 20.2 Å². The molecule has 5 rings (SSSR count). The number of aryl methyl sites for hydroxylation is 1. The van der Waals surface area contributed by atoms with E-state index in [-0.39, 0.29) is 0 Å². The van der Waals surface area contributed by atoms with Crippen molar-refractivity contribution in [1.29, 1.82) is 0 Å². The highest BCUT2D eigenvalue weighted by Crippen LogP contribution is 2.42. The van der Waals surface area contributed by atoms with Crippen LogP contribution >= 0.6 is 23.1 Å². The summed E-state index contributed by atoms with van der Waals surface area (Å²) < 4.78 is 5.84. The van der Waals surface area contributed by atoms with E-state index in [4.69, 9.17) is 4.42 Å². The topological polar surface area (TPSA) is 64.7 Å². The zero-order valence-corrected chi connectivity index (χ0v) is 15.8. The Labute approximate surface area is 158 Å². The second-order valence-corrected chi connectivity index (χ2v) is 8.58. The fourth-order valence-corrected chi connectivity index (χ4v) is 5.56. The molecular weight excluding hydrogens is 364 g/mol. The maximum absolute atomic E-state index is 5.84. The fraction of sp³-hybridized carbons (Fsp3) is 0.263. The van der Waals surface area contributed by atoms with E-state index in [0.29, 0.717) is 11.1 Å². The molecule has 5 nitrogen and oxygen atoms in total. The molecule has 1 aliphatic rings. The van der Waals surface area contributed by atoms with Crippen molar-refractivity contribution in [2.24, 2.45) is 5.92 Å². The molecule has 0 saturated carbocycles. The van der Waals surface area contributed by atoms with E-state index in [0.717, 1.165) is 34.2 Å². The summed E-state index contributed by atoms with van der Waals surface area (Å²) >= 11 is 3.23. The number of hydrogen-bond donors (Lipinski definition) is 0. The van der Waals surface area contributed by atoms with Crippen LogP contribution in [0.5, 0.6) is 0 Å². The number of thiophene rings is 1. The van der Waals surface area contributed by atoms with Crippen molar-refractivity contribution in [3.8, 4) is 11.5 Å². The average molecular weight is 380 g/mol. The Bertz CT molecular complexity index is 1070. The van der Waals surface area contributed by atoms with Gasteiger partial charge in [-0.25, -0.2) is 9.97 Å². The standard InChI is InChI=1S/C19H16N4OS2/c1-11-7-8-13-14(9-11)25-17-15(13)18(21-10-20-17)26-19-23-22-16(24-19)12-5-3-2-4-6-12/h2-6,10-11H,7-9H2,1H3/t11-/m0/s1. The minimum atomic E-state index is 0.507. The molecule has 1 atom stereocenters. The smallest absolute Gasteiger partial charge is 0.283 e. The van der Waals surface area contributed by atoms with Gasteiger partial charge in [0.1, 0.15) is 16.2 Å². The van der Waals surface area contributed by atoms with Gasteiger partial charge in [-0.15, -0.1) is 21.5 Å². The molecule has 3 heterocycles. The van der Waals surface area contributed by atoms with E-state index in [2.05, 4.69) is 27.1 Å². The van der Waals surface area contributed by atoms with E-state index in [9.17, 15) is 0 Å². The minimum absolute atomic E-state index is 0.507. The lowest BCUT2D eigenvalue weighted by atomic mass is 9.89. The highest BCUT2D eigenvalue weighted by molar-refractivity contribution is 7.99. The molecule has 0 saturated heterocycles. The number of fused-ring (bicyclic) bond motifs is 3. The molecule has 130 valence electrons. The molecule has 0 amide bonds. The van der Waals surface area contributed by atoms with E-state index in [1.807, 2.05) is 30.3 Å². The van der Waals surface area contributed by atoms with Crippen molar-refractivity contribution in [3.63, 3.8) is 0 Å². The lowest BCUT2D eigenvalue weighted by Crippen LogP contribution is -2.08. The molecule has 0 N–H and O–H groups in total. The number of rotatable bonds is 3. The van der Waals surface area contributed by atoms with Crippen molar-refractivity contribution in [2.45, 2.75) is 36.4 Å². The highest BCUT2D eigenvalue weighted by Gasteiger charge is 2.24. The van der Waals surface area contributed by atoms with Crippen molar-refractivity contribution >= 4 is 33.3 Å². The van der Waals surface area contributed by atoms with Crippen LogP contribution in [-0.4, -0.2) is 20.2 Å². The van der Waals surface area contributed by atoms with Crippen LogP contribution in [0.4, 0.5) is 0 Å². The van der Waals surface area contributed by atoms with Gasteiger partial charge in [-0.05, 0) is 54.6 Å². The van der Waals surface area contributed by atoms with Crippen LogP contribution in [-0.2, 0) is 12.8 Å². The first-order valence-electron chi connectivity index (χ1n) is 8.60. The molecule has 1 aliphatic carbocycles. The van der Waals surface area contributed by atoms with E-state index in [1.54, 1.807) is 17.7 Å². The first-order chi connectivity index (χ1) is 12.8. The Kier molecular flexibility index (Phi) is 3.98. The third-order valence-corrected chi connectivity index (χ3v) is 6.67. The fourth-order valence-electron chi connectivity index (χ4n) is 3.35. The average Bonchev–Trinajstić information content (AvgIpc) is 3.27. The normalized spacial score (nSPS) is 16.7. The first kappa shape index (κ1) is 16.0. The second-order valence-electron chi connectivity index (χ2n) is 6.55. The van der Waals surface area contributed by atoms with Crippen LogP contribution < -0.4 is 0 Å². The molecule has 26 heavy (non-hydrogen) atoms. The molecule has 0 bridgehead atoms. The molecule has 0 spiro atoms. The number of nitrogens with zero attached hydrogens (tertiary/aromatic N) is 4. The van der Waals surface area contributed by atoms with Gasteiger partial charge in [0.25, 0.3) is 5.22 Å². The summed E-state index contributed by atoms with van der Waals surface area (Å²) in [5.41, 5.74) is 2.33. The number of benzene rings is 1. The van der Waals surface area contributed by atoms with Gasteiger partial charge < -0.3 is 4.42 Å². The number of aromatic nitrogens is 4. The predicted octanol–water partition coefficient (Wildman–Crippen LogP) is 5.02.